The summed E-state index contributed by atoms with van der Waals surface area (Å²) in [4.78, 5) is 14.5. The lowest BCUT2D eigenvalue weighted by atomic mass is 10.4. The second kappa shape index (κ2) is 5.98. The first-order valence-corrected chi connectivity index (χ1v) is 7.04. The molecule has 0 amide bonds. The standard InChI is InChI=1S/C11H16N2O5S/c1-4-18-9-5-6-12-7-10(9)19(16,17)13(3)8(2)11(14)15/h5-8H,4H2,1-3H3,(H,14,15). The van der Waals surface area contributed by atoms with Crippen molar-refractivity contribution < 1.29 is 23.1 Å². The lowest BCUT2D eigenvalue weighted by Crippen LogP contribution is -2.40. The number of hydrogen-bond acceptors (Lipinski definition) is 5. The molecule has 8 heteroatoms. The van der Waals surface area contributed by atoms with Gasteiger partial charge in [-0.15, -0.1) is 0 Å². The van der Waals surface area contributed by atoms with Crippen molar-refractivity contribution in [1.29, 1.82) is 0 Å². The number of carboxylic acids is 1. The zero-order chi connectivity index (χ0) is 14.6. The zero-order valence-corrected chi connectivity index (χ0v) is 11.7. The van der Waals surface area contributed by atoms with E-state index in [0.717, 1.165) is 10.5 Å². The lowest BCUT2D eigenvalue weighted by molar-refractivity contribution is -0.140. The summed E-state index contributed by atoms with van der Waals surface area (Å²) >= 11 is 0. The fourth-order valence-electron chi connectivity index (χ4n) is 1.35. The summed E-state index contributed by atoms with van der Waals surface area (Å²) in [5.74, 6) is -1.07. The summed E-state index contributed by atoms with van der Waals surface area (Å²) in [5, 5.41) is 8.88. The van der Waals surface area contributed by atoms with Crippen molar-refractivity contribution in [3.8, 4) is 5.75 Å². The first-order chi connectivity index (χ1) is 8.82. The lowest BCUT2D eigenvalue weighted by Gasteiger charge is -2.22. The minimum absolute atomic E-state index is 0.146. The minimum Gasteiger partial charge on any atom is -0.492 e. The van der Waals surface area contributed by atoms with E-state index in [0.29, 0.717) is 6.61 Å². The Kier molecular flexibility index (Phi) is 4.84. The number of aliphatic carboxylic acids is 1. The quantitative estimate of drug-likeness (QED) is 0.822. The zero-order valence-electron chi connectivity index (χ0n) is 10.9. The molecule has 0 aliphatic rings. The van der Waals surface area contributed by atoms with E-state index in [1.165, 1.54) is 26.2 Å². The molecule has 0 radical (unpaired) electrons. The number of rotatable bonds is 6. The van der Waals surface area contributed by atoms with Crippen LogP contribution in [-0.4, -0.2) is 48.5 Å². The normalized spacial score (nSPS) is 13.3. The number of aromatic nitrogens is 1. The van der Waals surface area contributed by atoms with Crippen LogP contribution in [0.1, 0.15) is 13.8 Å². The highest BCUT2D eigenvalue weighted by molar-refractivity contribution is 7.89. The van der Waals surface area contributed by atoms with Gasteiger partial charge in [-0.05, 0) is 19.9 Å². The Bertz CT molecular complexity index is 558. The minimum atomic E-state index is -3.97. The van der Waals surface area contributed by atoms with E-state index in [2.05, 4.69) is 4.98 Å². The molecule has 1 aromatic heterocycles. The van der Waals surface area contributed by atoms with E-state index in [-0.39, 0.29) is 10.6 Å². The van der Waals surface area contributed by atoms with Gasteiger partial charge in [0.25, 0.3) is 0 Å². The molecule has 1 unspecified atom stereocenters. The van der Waals surface area contributed by atoms with Gasteiger partial charge in [0, 0.05) is 13.2 Å². The van der Waals surface area contributed by atoms with Crippen LogP contribution >= 0.6 is 0 Å². The molecule has 7 nitrogen and oxygen atoms in total. The monoisotopic (exact) mass is 288 g/mol. The molecule has 1 atom stereocenters. The van der Waals surface area contributed by atoms with Crippen molar-refractivity contribution in [1.82, 2.24) is 9.29 Å². The van der Waals surface area contributed by atoms with Crippen LogP contribution in [0.25, 0.3) is 0 Å². The number of nitrogens with zero attached hydrogens (tertiary/aromatic N) is 2. The van der Waals surface area contributed by atoms with Gasteiger partial charge in [0.05, 0.1) is 12.8 Å². The summed E-state index contributed by atoms with van der Waals surface area (Å²) in [6.45, 7) is 3.31. The van der Waals surface area contributed by atoms with Crippen molar-refractivity contribution in [2.24, 2.45) is 0 Å². The topological polar surface area (TPSA) is 96.8 Å². The average Bonchev–Trinajstić information content (AvgIpc) is 2.37. The van der Waals surface area contributed by atoms with Gasteiger partial charge >= 0.3 is 5.97 Å². The third-order valence-electron chi connectivity index (χ3n) is 2.61. The number of carboxylic acid groups (broad SMARTS) is 1. The van der Waals surface area contributed by atoms with Crippen LogP contribution in [0.5, 0.6) is 5.75 Å². The van der Waals surface area contributed by atoms with E-state index < -0.39 is 22.0 Å². The van der Waals surface area contributed by atoms with Gasteiger partial charge in [-0.25, -0.2) is 8.42 Å². The van der Waals surface area contributed by atoms with Crippen molar-refractivity contribution in [3.63, 3.8) is 0 Å². The van der Waals surface area contributed by atoms with Crippen molar-refractivity contribution in [3.05, 3.63) is 18.5 Å². The Morgan fingerprint density at radius 3 is 2.74 bits per heavy atom. The van der Waals surface area contributed by atoms with Crippen molar-refractivity contribution in [2.75, 3.05) is 13.7 Å². The van der Waals surface area contributed by atoms with Gasteiger partial charge in [0.15, 0.2) is 0 Å². The Hall–Kier alpha value is -1.67. The Morgan fingerprint density at radius 1 is 1.58 bits per heavy atom. The number of hydrogen-bond donors (Lipinski definition) is 1. The number of carbonyl (C=O) groups is 1. The van der Waals surface area contributed by atoms with Gasteiger partial charge in [-0.3, -0.25) is 9.78 Å². The summed E-state index contributed by atoms with van der Waals surface area (Å²) in [6, 6.07) is 0.245. The largest absolute Gasteiger partial charge is 0.492 e. The van der Waals surface area contributed by atoms with Crippen molar-refractivity contribution in [2.45, 2.75) is 24.8 Å². The maximum atomic E-state index is 12.3. The predicted octanol–water partition coefficient (Wildman–Crippen LogP) is 0.574. The molecule has 0 aliphatic heterocycles. The second-order valence-corrected chi connectivity index (χ2v) is 5.76. The Labute approximate surface area is 111 Å². The Morgan fingerprint density at radius 2 is 2.21 bits per heavy atom. The summed E-state index contributed by atoms with van der Waals surface area (Å²) in [7, 11) is -2.77. The second-order valence-electron chi connectivity index (χ2n) is 3.79. The molecule has 0 aromatic carbocycles. The molecule has 0 saturated heterocycles. The first-order valence-electron chi connectivity index (χ1n) is 5.60. The van der Waals surface area contributed by atoms with E-state index >= 15 is 0 Å². The SMILES string of the molecule is CCOc1ccncc1S(=O)(=O)N(C)C(C)C(=O)O. The van der Waals surface area contributed by atoms with E-state index in [1.54, 1.807) is 6.92 Å². The van der Waals surface area contributed by atoms with Gasteiger partial charge in [0.2, 0.25) is 10.0 Å². The molecule has 0 saturated carbocycles. The van der Waals surface area contributed by atoms with Crippen LogP contribution in [0.4, 0.5) is 0 Å². The van der Waals surface area contributed by atoms with Crippen LogP contribution in [-0.2, 0) is 14.8 Å². The third kappa shape index (κ3) is 3.21. The molecular formula is C11H16N2O5S. The van der Waals surface area contributed by atoms with Gasteiger partial charge in [-0.2, -0.15) is 4.31 Å². The summed E-state index contributed by atoms with van der Waals surface area (Å²) < 4.78 is 30.6. The molecule has 106 valence electrons. The first kappa shape index (κ1) is 15.4. The van der Waals surface area contributed by atoms with Crippen molar-refractivity contribution >= 4 is 16.0 Å². The third-order valence-corrected chi connectivity index (χ3v) is 4.54. The number of sulfonamides is 1. The predicted molar refractivity (Wildman–Crippen MR) is 67.5 cm³/mol. The fraction of sp³-hybridized carbons (Fsp3) is 0.455. The highest BCUT2D eigenvalue weighted by Crippen LogP contribution is 2.25. The summed E-state index contributed by atoms with van der Waals surface area (Å²) in [6.07, 6.45) is 2.55. The molecular weight excluding hydrogens is 272 g/mol. The molecule has 1 heterocycles. The van der Waals surface area contributed by atoms with E-state index in [9.17, 15) is 13.2 Å². The maximum Gasteiger partial charge on any atom is 0.321 e. The molecule has 1 aromatic rings. The van der Waals surface area contributed by atoms with Crippen LogP contribution in [0, 0.1) is 0 Å². The summed E-state index contributed by atoms with van der Waals surface area (Å²) in [5.41, 5.74) is 0. The van der Waals surface area contributed by atoms with Gasteiger partial charge in [-0.1, -0.05) is 0 Å². The maximum absolute atomic E-state index is 12.3. The molecule has 1 N–H and O–H groups in total. The van der Waals surface area contributed by atoms with Crippen LogP contribution in [0.3, 0.4) is 0 Å². The average molecular weight is 288 g/mol. The number of likely N-dealkylation sites (N-methyl/N-ethyl adjacent to an activating group) is 1. The molecule has 0 fully saturated rings. The molecule has 0 spiro atoms. The number of pyridine rings is 1. The number of ether oxygens (including phenoxy) is 1. The highest BCUT2D eigenvalue weighted by Gasteiger charge is 2.31. The van der Waals surface area contributed by atoms with Crippen LogP contribution in [0.2, 0.25) is 0 Å². The van der Waals surface area contributed by atoms with Crippen LogP contribution in [0.15, 0.2) is 23.4 Å². The fourth-order valence-corrected chi connectivity index (χ4v) is 2.75. The van der Waals surface area contributed by atoms with E-state index in [4.69, 9.17) is 9.84 Å². The smallest absolute Gasteiger partial charge is 0.321 e. The highest BCUT2D eigenvalue weighted by atomic mass is 32.2. The molecule has 0 bridgehead atoms. The molecule has 1 rings (SSSR count). The molecule has 0 aliphatic carbocycles. The van der Waals surface area contributed by atoms with E-state index in [1.807, 2.05) is 0 Å². The molecule has 19 heavy (non-hydrogen) atoms. The van der Waals surface area contributed by atoms with Gasteiger partial charge in [0.1, 0.15) is 16.7 Å². The Balaban J connectivity index is 3.24. The van der Waals surface area contributed by atoms with Gasteiger partial charge < -0.3 is 9.84 Å². The van der Waals surface area contributed by atoms with Crippen LogP contribution < -0.4 is 4.74 Å².